The van der Waals surface area contributed by atoms with Gasteiger partial charge in [-0.05, 0) is 6.92 Å². The first-order chi connectivity index (χ1) is 8.18. The van der Waals surface area contributed by atoms with Crippen LogP contribution in [0.3, 0.4) is 0 Å². The number of benzene rings is 1. The van der Waals surface area contributed by atoms with Crippen LogP contribution in [0.15, 0.2) is 42.7 Å². The molecule has 1 aromatic carbocycles. The van der Waals surface area contributed by atoms with Crippen molar-refractivity contribution in [1.29, 1.82) is 0 Å². The Balaban J connectivity index is 2.28. The molecule has 4 heteroatoms. The van der Waals surface area contributed by atoms with Crippen LogP contribution in [0.25, 0.3) is 11.3 Å². The Morgan fingerprint density at radius 3 is 2.41 bits per heavy atom. The molecule has 2 rings (SSSR count). The molecule has 0 fully saturated rings. The zero-order valence-corrected chi connectivity index (χ0v) is 9.37. The van der Waals surface area contributed by atoms with E-state index >= 15 is 0 Å². The minimum absolute atomic E-state index is 0.470. The van der Waals surface area contributed by atoms with Crippen LogP contribution in [0.1, 0.15) is 18.5 Å². The van der Waals surface area contributed by atoms with Gasteiger partial charge in [-0.3, -0.25) is 14.8 Å². The Kier molecular flexibility index (Phi) is 3.14. The average molecular weight is 228 g/mol. The van der Waals surface area contributed by atoms with Gasteiger partial charge in [-0.2, -0.15) is 0 Å². The van der Waals surface area contributed by atoms with Crippen LogP contribution in [0.4, 0.5) is 0 Å². The molecule has 0 aliphatic carbocycles. The first kappa shape index (κ1) is 11.3. The molecule has 0 saturated carbocycles. The standard InChI is InChI=1S/C13H12N2O2/c1-9(13(16)17)11-7-15-12(8-14-11)10-5-3-2-4-6-10/h2-9H,1H3,(H,16,17). The summed E-state index contributed by atoms with van der Waals surface area (Å²) in [7, 11) is 0. The molecule has 1 atom stereocenters. The summed E-state index contributed by atoms with van der Waals surface area (Å²) in [5, 5.41) is 8.85. The molecule has 4 nitrogen and oxygen atoms in total. The Bertz CT molecular complexity index is 509. The van der Waals surface area contributed by atoms with Gasteiger partial charge >= 0.3 is 5.97 Å². The maximum atomic E-state index is 10.8. The molecule has 1 unspecified atom stereocenters. The lowest BCUT2D eigenvalue weighted by Gasteiger charge is -2.05. The molecule has 0 saturated heterocycles. The van der Waals surface area contributed by atoms with Gasteiger partial charge in [-0.1, -0.05) is 30.3 Å². The predicted octanol–water partition coefficient (Wildman–Crippen LogP) is 2.33. The minimum Gasteiger partial charge on any atom is -0.481 e. The Labute approximate surface area is 99.0 Å². The molecular weight excluding hydrogens is 216 g/mol. The number of carbonyl (C=O) groups is 1. The highest BCUT2D eigenvalue weighted by atomic mass is 16.4. The molecule has 86 valence electrons. The van der Waals surface area contributed by atoms with Gasteiger partial charge in [0.05, 0.1) is 23.5 Å². The molecule has 0 radical (unpaired) electrons. The number of nitrogens with zero attached hydrogens (tertiary/aromatic N) is 2. The number of hydrogen-bond acceptors (Lipinski definition) is 3. The molecule has 2 aromatic rings. The van der Waals surface area contributed by atoms with Crippen LogP contribution in [0.5, 0.6) is 0 Å². The lowest BCUT2D eigenvalue weighted by atomic mass is 10.1. The lowest BCUT2D eigenvalue weighted by Crippen LogP contribution is -2.09. The van der Waals surface area contributed by atoms with E-state index in [0.717, 1.165) is 11.3 Å². The zero-order valence-electron chi connectivity index (χ0n) is 9.37. The van der Waals surface area contributed by atoms with Crippen LogP contribution in [-0.2, 0) is 4.79 Å². The summed E-state index contributed by atoms with van der Waals surface area (Å²) in [6, 6.07) is 9.64. The molecule has 0 aliphatic heterocycles. The van der Waals surface area contributed by atoms with E-state index in [-0.39, 0.29) is 0 Å². The third-order valence-corrected chi connectivity index (χ3v) is 2.56. The summed E-state index contributed by atoms with van der Waals surface area (Å²) < 4.78 is 0. The number of carboxylic acids is 1. The number of rotatable bonds is 3. The van der Waals surface area contributed by atoms with Crippen molar-refractivity contribution < 1.29 is 9.90 Å². The van der Waals surface area contributed by atoms with Gasteiger partial charge in [0.2, 0.25) is 0 Å². The summed E-state index contributed by atoms with van der Waals surface area (Å²) >= 11 is 0. The van der Waals surface area contributed by atoms with E-state index in [0.29, 0.717) is 5.69 Å². The molecular formula is C13H12N2O2. The molecule has 17 heavy (non-hydrogen) atoms. The molecule has 0 spiro atoms. The van der Waals surface area contributed by atoms with Crippen LogP contribution in [-0.4, -0.2) is 21.0 Å². The van der Waals surface area contributed by atoms with E-state index in [1.54, 1.807) is 13.1 Å². The maximum absolute atomic E-state index is 10.8. The summed E-state index contributed by atoms with van der Waals surface area (Å²) in [5.74, 6) is -1.53. The SMILES string of the molecule is CC(C(=O)O)c1cnc(-c2ccccc2)cn1. The van der Waals surface area contributed by atoms with Crippen LogP contribution in [0.2, 0.25) is 0 Å². The largest absolute Gasteiger partial charge is 0.481 e. The van der Waals surface area contributed by atoms with Gasteiger partial charge in [-0.15, -0.1) is 0 Å². The van der Waals surface area contributed by atoms with Crippen molar-refractivity contribution in [2.45, 2.75) is 12.8 Å². The van der Waals surface area contributed by atoms with Crippen molar-refractivity contribution in [1.82, 2.24) is 9.97 Å². The fourth-order valence-electron chi connectivity index (χ4n) is 1.45. The maximum Gasteiger partial charge on any atom is 0.312 e. The Morgan fingerprint density at radius 2 is 1.88 bits per heavy atom. The lowest BCUT2D eigenvalue weighted by molar-refractivity contribution is -0.138. The van der Waals surface area contributed by atoms with Crippen LogP contribution >= 0.6 is 0 Å². The Hall–Kier alpha value is -2.23. The minimum atomic E-state index is -0.897. The number of hydrogen-bond donors (Lipinski definition) is 1. The molecule has 0 amide bonds. The predicted molar refractivity (Wildman–Crippen MR) is 63.5 cm³/mol. The molecule has 0 aliphatic rings. The first-order valence-corrected chi connectivity index (χ1v) is 5.28. The van der Waals surface area contributed by atoms with Gasteiger partial charge < -0.3 is 5.11 Å². The first-order valence-electron chi connectivity index (χ1n) is 5.28. The second-order valence-electron chi connectivity index (χ2n) is 3.75. The van der Waals surface area contributed by atoms with Gasteiger partial charge in [0.1, 0.15) is 0 Å². The summed E-state index contributed by atoms with van der Waals surface area (Å²) in [5.41, 5.74) is 2.18. The van der Waals surface area contributed by atoms with Crippen molar-refractivity contribution in [3.05, 3.63) is 48.4 Å². The van der Waals surface area contributed by atoms with E-state index in [1.807, 2.05) is 30.3 Å². The smallest absolute Gasteiger partial charge is 0.312 e. The molecule has 1 heterocycles. The normalized spacial score (nSPS) is 12.1. The van der Waals surface area contributed by atoms with E-state index in [2.05, 4.69) is 9.97 Å². The zero-order chi connectivity index (χ0) is 12.3. The third kappa shape index (κ3) is 2.47. The second kappa shape index (κ2) is 4.74. The summed E-state index contributed by atoms with van der Waals surface area (Å²) in [4.78, 5) is 19.1. The topological polar surface area (TPSA) is 63.1 Å². The number of aliphatic carboxylic acids is 1. The fourth-order valence-corrected chi connectivity index (χ4v) is 1.45. The van der Waals surface area contributed by atoms with Crippen molar-refractivity contribution in [2.24, 2.45) is 0 Å². The molecule has 1 N–H and O–H groups in total. The highest BCUT2D eigenvalue weighted by Gasteiger charge is 2.15. The fraction of sp³-hybridized carbons (Fsp3) is 0.154. The second-order valence-corrected chi connectivity index (χ2v) is 3.75. The van der Waals surface area contributed by atoms with E-state index in [1.165, 1.54) is 6.20 Å². The highest BCUT2D eigenvalue weighted by Crippen LogP contribution is 2.17. The Morgan fingerprint density at radius 1 is 1.18 bits per heavy atom. The van der Waals surface area contributed by atoms with Crippen LogP contribution in [0, 0.1) is 0 Å². The molecule has 1 aromatic heterocycles. The van der Waals surface area contributed by atoms with Crippen molar-refractivity contribution >= 4 is 5.97 Å². The van der Waals surface area contributed by atoms with E-state index in [9.17, 15) is 4.79 Å². The van der Waals surface area contributed by atoms with Gasteiger partial charge in [0.15, 0.2) is 0 Å². The summed E-state index contributed by atoms with van der Waals surface area (Å²) in [6.45, 7) is 1.59. The van der Waals surface area contributed by atoms with Gasteiger partial charge in [-0.25, -0.2) is 0 Å². The highest BCUT2D eigenvalue weighted by molar-refractivity contribution is 5.74. The molecule has 0 bridgehead atoms. The third-order valence-electron chi connectivity index (χ3n) is 2.56. The average Bonchev–Trinajstić information content (AvgIpc) is 2.39. The summed E-state index contributed by atoms with van der Waals surface area (Å²) in [6.07, 6.45) is 3.12. The van der Waals surface area contributed by atoms with Gasteiger partial charge in [0, 0.05) is 11.8 Å². The number of aromatic nitrogens is 2. The van der Waals surface area contributed by atoms with Gasteiger partial charge in [0.25, 0.3) is 0 Å². The van der Waals surface area contributed by atoms with Crippen molar-refractivity contribution in [3.8, 4) is 11.3 Å². The van der Waals surface area contributed by atoms with Crippen LogP contribution < -0.4 is 0 Å². The van der Waals surface area contributed by atoms with Crippen molar-refractivity contribution in [2.75, 3.05) is 0 Å². The van der Waals surface area contributed by atoms with E-state index in [4.69, 9.17) is 5.11 Å². The number of carboxylic acid groups (broad SMARTS) is 1. The monoisotopic (exact) mass is 228 g/mol. The van der Waals surface area contributed by atoms with Crippen molar-refractivity contribution in [3.63, 3.8) is 0 Å². The van der Waals surface area contributed by atoms with E-state index < -0.39 is 11.9 Å². The quantitative estimate of drug-likeness (QED) is 0.875.